The third kappa shape index (κ3) is 1.97. The largest absolute Gasteiger partial charge is 0.508 e. The zero-order chi connectivity index (χ0) is 12.7. The van der Waals surface area contributed by atoms with Crippen molar-refractivity contribution in [2.75, 3.05) is 0 Å². The summed E-state index contributed by atoms with van der Waals surface area (Å²) in [5, 5.41) is 9.79. The molecule has 0 fully saturated rings. The smallest absolute Gasteiger partial charge is 0.140 e. The second-order valence-electron chi connectivity index (χ2n) is 5.51. The summed E-state index contributed by atoms with van der Waals surface area (Å²) in [6.45, 7) is 8.15. The maximum Gasteiger partial charge on any atom is 0.140 e. The van der Waals surface area contributed by atoms with Crippen LogP contribution in [0.2, 0.25) is 0 Å². The zero-order valence-corrected chi connectivity index (χ0v) is 10.9. The van der Waals surface area contributed by atoms with Gasteiger partial charge in [0.25, 0.3) is 0 Å². The first-order chi connectivity index (χ1) is 7.91. The van der Waals surface area contributed by atoms with Gasteiger partial charge in [-0.15, -0.1) is 0 Å². The van der Waals surface area contributed by atoms with E-state index in [4.69, 9.17) is 0 Å². The lowest BCUT2D eigenvalue weighted by Gasteiger charge is -2.31. The number of phenolic OH excluding ortho intramolecular Hbond substituents is 1. The highest BCUT2D eigenvalue weighted by Crippen LogP contribution is 2.42. The Morgan fingerprint density at radius 3 is 2.53 bits per heavy atom. The summed E-state index contributed by atoms with van der Waals surface area (Å²) < 4.78 is 0. The van der Waals surface area contributed by atoms with Crippen LogP contribution in [0.5, 0.6) is 5.75 Å². The number of ketones is 1. The molecule has 0 heterocycles. The molecule has 0 bridgehead atoms. The Kier molecular flexibility index (Phi) is 2.98. The van der Waals surface area contributed by atoms with E-state index in [0.29, 0.717) is 29.8 Å². The van der Waals surface area contributed by atoms with Gasteiger partial charge in [-0.2, -0.15) is 0 Å². The highest BCUT2D eigenvalue weighted by molar-refractivity contribution is 5.88. The number of aromatic hydroxyl groups is 1. The first-order valence-electron chi connectivity index (χ1n) is 6.28. The minimum absolute atomic E-state index is 0.0773. The number of rotatable bonds is 1. The first kappa shape index (κ1) is 12.2. The molecule has 0 spiro atoms. The molecule has 1 aromatic carbocycles. The molecule has 0 saturated carbocycles. The van der Waals surface area contributed by atoms with Crippen LogP contribution in [0.3, 0.4) is 0 Å². The van der Waals surface area contributed by atoms with Crippen molar-refractivity contribution in [1.82, 2.24) is 0 Å². The summed E-state index contributed by atoms with van der Waals surface area (Å²) in [7, 11) is 0. The molecule has 2 atom stereocenters. The van der Waals surface area contributed by atoms with Crippen molar-refractivity contribution in [3.05, 3.63) is 28.8 Å². The SMILES string of the molecule is Cc1cc2c(cc1O)[C@@H](C)C(=O)C[C@H]2C(C)C. The van der Waals surface area contributed by atoms with Gasteiger partial charge in [0.1, 0.15) is 11.5 Å². The first-order valence-corrected chi connectivity index (χ1v) is 6.28. The van der Waals surface area contributed by atoms with Crippen LogP contribution in [0, 0.1) is 12.8 Å². The molecular formula is C15H20O2. The van der Waals surface area contributed by atoms with E-state index in [1.807, 2.05) is 13.8 Å². The number of hydrogen-bond donors (Lipinski definition) is 1. The van der Waals surface area contributed by atoms with Gasteiger partial charge in [0.2, 0.25) is 0 Å². The number of benzene rings is 1. The molecular weight excluding hydrogens is 212 g/mol. The van der Waals surface area contributed by atoms with Crippen LogP contribution in [0.15, 0.2) is 12.1 Å². The Morgan fingerprint density at radius 2 is 1.94 bits per heavy atom. The second-order valence-corrected chi connectivity index (χ2v) is 5.51. The predicted octanol–water partition coefficient (Wildman–Crippen LogP) is 3.52. The fourth-order valence-corrected chi connectivity index (χ4v) is 2.70. The lowest BCUT2D eigenvalue weighted by molar-refractivity contribution is -0.121. The van der Waals surface area contributed by atoms with E-state index in [-0.39, 0.29) is 5.92 Å². The molecule has 2 nitrogen and oxygen atoms in total. The average Bonchev–Trinajstić information content (AvgIpc) is 2.26. The topological polar surface area (TPSA) is 37.3 Å². The third-order valence-corrected chi connectivity index (χ3v) is 3.98. The van der Waals surface area contributed by atoms with Crippen molar-refractivity contribution in [2.45, 2.75) is 46.0 Å². The Balaban J connectivity index is 2.60. The van der Waals surface area contributed by atoms with Crippen LogP contribution in [0.4, 0.5) is 0 Å². The standard InChI is InChI=1S/C15H20O2/c1-8(2)11-6-15(17)10(4)12-7-14(16)9(3)5-13(11)12/h5,7-8,10-11,16H,6H2,1-4H3/t10-,11+/m1/s1. The quantitative estimate of drug-likeness (QED) is 0.804. The van der Waals surface area contributed by atoms with Crippen molar-refractivity contribution in [2.24, 2.45) is 5.92 Å². The maximum absolute atomic E-state index is 12.0. The number of phenols is 1. The Labute approximate surface area is 103 Å². The van der Waals surface area contributed by atoms with Gasteiger partial charge in [-0.25, -0.2) is 0 Å². The normalized spacial score (nSPS) is 23.9. The van der Waals surface area contributed by atoms with Crippen molar-refractivity contribution in [3.8, 4) is 5.75 Å². The molecule has 1 N–H and O–H groups in total. The highest BCUT2D eigenvalue weighted by atomic mass is 16.3. The van der Waals surface area contributed by atoms with Crippen molar-refractivity contribution < 1.29 is 9.90 Å². The molecule has 2 rings (SSSR count). The number of carbonyl (C=O) groups is 1. The number of Topliss-reactive ketones (excluding diaryl/α,β-unsaturated/α-hetero) is 1. The molecule has 0 unspecified atom stereocenters. The number of fused-ring (bicyclic) bond motifs is 1. The van der Waals surface area contributed by atoms with Gasteiger partial charge < -0.3 is 5.11 Å². The van der Waals surface area contributed by atoms with Gasteiger partial charge in [-0.3, -0.25) is 4.79 Å². The summed E-state index contributed by atoms with van der Waals surface area (Å²) in [4.78, 5) is 12.0. The van der Waals surface area contributed by atoms with Gasteiger partial charge in [0.15, 0.2) is 0 Å². The van der Waals surface area contributed by atoms with Crippen molar-refractivity contribution in [3.63, 3.8) is 0 Å². The Hall–Kier alpha value is -1.31. The van der Waals surface area contributed by atoms with E-state index in [9.17, 15) is 9.90 Å². The minimum atomic E-state index is -0.0773. The maximum atomic E-state index is 12.0. The van der Waals surface area contributed by atoms with Gasteiger partial charge in [-0.1, -0.05) is 26.8 Å². The molecule has 0 radical (unpaired) electrons. The van der Waals surface area contributed by atoms with Crippen LogP contribution in [-0.4, -0.2) is 10.9 Å². The van der Waals surface area contributed by atoms with Crippen LogP contribution < -0.4 is 0 Å². The lowest BCUT2D eigenvalue weighted by atomic mass is 9.72. The van der Waals surface area contributed by atoms with E-state index in [2.05, 4.69) is 19.9 Å². The van der Waals surface area contributed by atoms with Crippen LogP contribution in [-0.2, 0) is 4.79 Å². The van der Waals surface area contributed by atoms with E-state index < -0.39 is 0 Å². The second kappa shape index (κ2) is 4.17. The molecule has 1 aliphatic rings. The Morgan fingerprint density at radius 1 is 1.29 bits per heavy atom. The van der Waals surface area contributed by atoms with E-state index in [1.54, 1.807) is 6.07 Å². The van der Waals surface area contributed by atoms with Crippen LogP contribution in [0.25, 0.3) is 0 Å². The summed E-state index contributed by atoms with van der Waals surface area (Å²) in [5.41, 5.74) is 3.17. The number of carbonyl (C=O) groups excluding carboxylic acids is 1. The van der Waals surface area contributed by atoms with Crippen LogP contribution in [0.1, 0.15) is 55.7 Å². The van der Waals surface area contributed by atoms with E-state index >= 15 is 0 Å². The number of hydrogen-bond acceptors (Lipinski definition) is 2. The van der Waals surface area contributed by atoms with Gasteiger partial charge >= 0.3 is 0 Å². The summed E-state index contributed by atoms with van der Waals surface area (Å²) in [6, 6.07) is 3.83. The molecule has 0 saturated heterocycles. The minimum Gasteiger partial charge on any atom is -0.508 e. The average molecular weight is 232 g/mol. The van der Waals surface area contributed by atoms with E-state index in [0.717, 1.165) is 11.1 Å². The van der Waals surface area contributed by atoms with Gasteiger partial charge in [0, 0.05) is 12.3 Å². The van der Waals surface area contributed by atoms with Gasteiger partial charge in [0.05, 0.1) is 0 Å². The lowest BCUT2D eigenvalue weighted by Crippen LogP contribution is -2.25. The third-order valence-electron chi connectivity index (χ3n) is 3.98. The molecule has 1 aromatic rings. The fourth-order valence-electron chi connectivity index (χ4n) is 2.70. The molecule has 0 amide bonds. The summed E-state index contributed by atoms with van der Waals surface area (Å²) >= 11 is 0. The van der Waals surface area contributed by atoms with Crippen molar-refractivity contribution in [1.29, 1.82) is 0 Å². The molecule has 2 heteroatoms. The Bertz CT molecular complexity index is 460. The molecule has 1 aliphatic carbocycles. The highest BCUT2D eigenvalue weighted by Gasteiger charge is 2.32. The summed E-state index contributed by atoms with van der Waals surface area (Å²) in [6.07, 6.45) is 0.635. The molecule has 0 aliphatic heterocycles. The monoisotopic (exact) mass is 232 g/mol. The fraction of sp³-hybridized carbons (Fsp3) is 0.533. The van der Waals surface area contributed by atoms with Crippen LogP contribution >= 0.6 is 0 Å². The van der Waals surface area contributed by atoms with Gasteiger partial charge in [-0.05, 0) is 41.5 Å². The summed E-state index contributed by atoms with van der Waals surface area (Å²) in [5.74, 6) is 1.26. The van der Waals surface area contributed by atoms with E-state index in [1.165, 1.54) is 5.56 Å². The molecule has 92 valence electrons. The zero-order valence-electron chi connectivity index (χ0n) is 10.9. The number of aryl methyl sites for hydroxylation is 1. The molecule has 17 heavy (non-hydrogen) atoms. The van der Waals surface area contributed by atoms with Crippen molar-refractivity contribution >= 4 is 5.78 Å². The predicted molar refractivity (Wildman–Crippen MR) is 68.5 cm³/mol. The molecule has 0 aromatic heterocycles.